The van der Waals surface area contributed by atoms with Crippen LogP contribution in [0.4, 0.5) is 0 Å². The molecule has 0 bridgehead atoms. The lowest BCUT2D eigenvalue weighted by molar-refractivity contribution is -0.149. The van der Waals surface area contributed by atoms with Crippen LogP contribution in [0.5, 0.6) is 0 Å². The zero-order valence-corrected chi connectivity index (χ0v) is 18.2. The summed E-state index contributed by atoms with van der Waals surface area (Å²) in [6.07, 6.45) is 4.85. The summed E-state index contributed by atoms with van der Waals surface area (Å²) in [4.78, 5) is 30.6. The maximum absolute atomic E-state index is 12.5. The zero-order valence-electron chi connectivity index (χ0n) is 18.2. The molecular formula is C23H34N4O3. The van der Waals surface area contributed by atoms with Gasteiger partial charge >= 0.3 is 5.97 Å². The molecule has 0 spiro atoms. The first kappa shape index (κ1) is 22.1. The van der Waals surface area contributed by atoms with E-state index in [1.54, 1.807) is 7.05 Å². The quantitative estimate of drug-likeness (QED) is 0.310. The van der Waals surface area contributed by atoms with E-state index in [0.29, 0.717) is 25.6 Å². The Balaban J connectivity index is 1.32. The maximum atomic E-state index is 12.5. The Hall–Kier alpha value is -2.57. The van der Waals surface area contributed by atoms with E-state index in [4.69, 9.17) is 4.74 Å². The average molecular weight is 415 g/mol. The van der Waals surface area contributed by atoms with Crippen molar-refractivity contribution >= 4 is 17.8 Å². The van der Waals surface area contributed by atoms with Crippen LogP contribution in [0.1, 0.15) is 56.6 Å². The van der Waals surface area contributed by atoms with Crippen LogP contribution in [0.25, 0.3) is 0 Å². The highest BCUT2D eigenvalue weighted by Gasteiger charge is 2.27. The van der Waals surface area contributed by atoms with E-state index < -0.39 is 0 Å². The summed E-state index contributed by atoms with van der Waals surface area (Å²) in [7, 11) is 1.76. The van der Waals surface area contributed by atoms with E-state index >= 15 is 0 Å². The molecule has 0 unspecified atom stereocenters. The Morgan fingerprint density at radius 1 is 1.13 bits per heavy atom. The van der Waals surface area contributed by atoms with Crippen molar-refractivity contribution in [2.24, 2.45) is 10.9 Å². The summed E-state index contributed by atoms with van der Waals surface area (Å²) in [5.41, 5.74) is 2.51. The molecule has 30 heavy (non-hydrogen) atoms. The van der Waals surface area contributed by atoms with Crippen molar-refractivity contribution in [3.05, 3.63) is 35.4 Å². The van der Waals surface area contributed by atoms with Gasteiger partial charge in [-0.3, -0.25) is 14.6 Å². The fourth-order valence-corrected chi connectivity index (χ4v) is 4.24. The molecule has 1 aromatic rings. The summed E-state index contributed by atoms with van der Waals surface area (Å²) in [6.45, 7) is 4.43. The first-order valence-corrected chi connectivity index (χ1v) is 11.1. The van der Waals surface area contributed by atoms with Crippen LogP contribution in [0.2, 0.25) is 0 Å². The molecule has 0 saturated heterocycles. The van der Waals surface area contributed by atoms with Crippen LogP contribution in [0.3, 0.4) is 0 Å². The fourth-order valence-electron chi connectivity index (χ4n) is 4.24. The van der Waals surface area contributed by atoms with Crippen molar-refractivity contribution in [3.8, 4) is 0 Å². The molecule has 2 N–H and O–H groups in total. The first-order chi connectivity index (χ1) is 14.6. The maximum Gasteiger partial charge on any atom is 0.308 e. The molecule has 1 aliphatic carbocycles. The molecule has 1 fully saturated rings. The number of carbonyl (C=O) groups excluding carboxylic acids is 2. The van der Waals surface area contributed by atoms with Gasteiger partial charge < -0.3 is 20.3 Å². The second kappa shape index (κ2) is 11.0. The largest absolute Gasteiger partial charge is 0.466 e. The molecule has 1 heterocycles. The summed E-state index contributed by atoms with van der Waals surface area (Å²) in [5.74, 6) is 0.925. The minimum Gasteiger partial charge on any atom is -0.466 e. The van der Waals surface area contributed by atoms with E-state index in [9.17, 15) is 9.59 Å². The minimum absolute atomic E-state index is 0.0284. The van der Waals surface area contributed by atoms with Crippen LogP contribution in [0.15, 0.2) is 29.3 Å². The molecule has 3 rings (SSSR count). The molecule has 7 nitrogen and oxygen atoms in total. The van der Waals surface area contributed by atoms with E-state index in [1.807, 2.05) is 24.0 Å². The molecule has 1 saturated carbocycles. The van der Waals surface area contributed by atoms with E-state index in [0.717, 1.165) is 51.2 Å². The van der Waals surface area contributed by atoms with Crippen molar-refractivity contribution in [1.82, 2.24) is 15.5 Å². The number of nitrogens with one attached hydrogen (secondary N) is 2. The van der Waals surface area contributed by atoms with Gasteiger partial charge in [0.25, 0.3) is 0 Å². The monoisotopic (exact) mass is 414 g/mol. The smallest absolute Gasteiger partial charge is 0.308 e. The number of amides is 1. The van der Waals surface area contributed by atoms with Crippen molar-refractivity contribution in [1.29, 1.82) is 0 Å². The number of hydrogen-bond donors (Lipinski definition) is 2. The average Bonchev–Trinajstić information content (AvgIpc) is 3.21. The minimum atomic E-state index is -0.0655. The molecule has 7 heteroatoms. The molecule has 1 amide bonds. The second-order valence-corrected chi connectivity index (χ2v) is 8.07. The van der Waals surface area contributed by atoms with Gasteiger partial charge in [0.1, 0.15) is 0 Å². The van der Waals surface area contributed by atoms with Crippen LogP contribution in [-0.2, 0) is 27.4 Å². The lowest BCUT2D eigenvalue weighted by atomic mass is 9.86. The third kappa shape index (κ3) is 5.97. The molecule has 0 radical (unpaired) electrons. The number of aliphatic imine (C=N–C) groups is 1. The molecule has 0 aromatic heterocycles. The van der Waals surface area contributed by atoms with Gasteiger partial charge in [0.15, 0.2) is 5.96 Å². The highest BCUT2D eigenvalue weighted by molar-refractivity contribution is 5.80. The molecule has 0 atom stereocenters. The summed E-state index contributed by atoms with van der Waals surface area (Å²) in [6, 6.07) is 8.56. The van der Waals surface area contributed by atoms with Crippen molar-refractivity contribution in [2.45, 2.75) is 64.6 Å². The highest BCUT2D eigenvalue weighted by Crippen LogP contribution is 2.25. The molecule has 2 aliphatic rings. The Bertz CT molecular complexity index is 732. The van der Waals surface area contributed by atoms with E-state index in [-0.39, 0.29) is 17.8 Å². The first-order valence-electron chi connectivity index (χ1n) is 11.1. The van der Waals surface area contributed by atoms with E-state index in [2.05, 4.69) is 27.8 Å². The molecular weight excluding hydrogens is 380 g/mol. The second-order valence-electron chi connectivity index (χ2n) is 8.07. The normalized spacial score (nSPS) is 21.1. The van der Waals surface area contributed by atoms with Gasteiger partial charge in [-0.1, -0.05) is 24.3 Å². The number of fused-ring (bicyclic) bond motifs is 1. The predicted molar refractivity (Wildman–Crippen MR) is 117 cm³/mol. The number of esters is 1. The zero-order chi connectivity index (χ0) is 21.3. The lowest BCUT2D eigenvalue weighted by Crippen LogP contribution is -2.45. The van der Waals surface area contributed by atoms with Crippen LogP contribution < -0.4 is 10.6 Å². The number of guanidine groups is 1. The van der Waals surface area contributed by atoms with Crippen molar-refractivity contribution < 1.29 is 14.3 Å². The Kier molecular flexibility index (Phi) is 8.11. The number of ether oxygens (including phenoxy) is 1. The van der Waals surface area contributed by atoms with E-state index in [1.165, 1.54) is 11.1 Å². The fraction of sp³-hybridized carbons (Fsp3) is 0.609. The third-order valence-electron chi connectivity index (χ3n) is 5.96. The number of rotatable bonds is 7. The number of hydrogen-bond acceptors (Lipinski definition) is 4. The van der Waals surface area contributed by atoms with Crippen LogP contribution >= 0.6 is 0 Å². The van der Waals surface area contributed by atoms with Crippen molar-refractivity contribution in [2.75, 3.05) is 20.2 Å². The topological polar surface area (TPSA) is 83.0 Å². The Morgan fingerprint density at radius 3 is 2.40 bits per heavy atom. The summed E-state index contributed by atoms with van der Waals surface area (Å²) in [5, 5.41) is 6.75. The predicted octanol–water partition coefficient (Wildman–Crippen LogP) is 2.60. The SMILES string of the molecule is CCOC(=O)C1CCC(NC(=NC)NCCCC(=O)N2Cc3ccccc3C2)CC1. The van der Waals surface area contributed by atoms with Crippen LogP contribution in [0, 0.1) is 5.92 Å². The highest BCUT2D eigenvalue weighted by atomic mass is 16.5. The molecule has 1 aliphatic heterocycles. The van der Waals surface area contributed by atoms with Gasteiger partial charge in [-0.05, 0) is 50.2 Å². The number of benzene rings is 1. The summed E-state index contributed by atoms with van der Waals surface area (Å²) < 4.78 is 5.13. The van der Waals surface area contributed by atoms with Gasteiger partial charge in [-0.2, -0.15) is 0 Å². The molecule has 164 valence electrons. The Morgan fingerprint density at radius 2 is 1.80 bits per heavy atom. The Labute approximate surface area is 179 Å². The van der Waals surface area contributed by atoms with Gasteiger partial charge in [-0.25, -0.2) is 0 Å². The number of nitrogens with zero attached hydrogens (tertiary/aromatic N) is 2. The summed E-state index contributed by atoms with van der Waals surface area (Å²) >= 11 is 0. The third-order valence-corrected chi connectivity index (χ3v) is 5.96. The molecule has 1 aromatic carbocycles. The van der Waals surface area contributed by atoms with Gasteiger partial charge in [-0.15, -0.1) is 0 Å². The lowest BCUT2D eigenvalue weighted by Gasteiger charge is -2.29. The van der Waals surface area contributed by atoms with Gasteiger partial charge in [0, 0.05) is 39.1 Å². The van der Waals surface area contributed by atoms with Gasteiger partial charge in [0.2, 0.25) is 5.91 Å². The number of carbonyl (C=O) groups is 2. The van der Waals surface area contributed by atoms with Gasteiger partial charge in [0.05, 0.1) is 12.5 Å². The van der Waals surface area contributed by atoms with Crippen molar-refractivity contribution in [3.63, 3.8) is 0 Å². The van der Waals surface area contributed by atoms with Crippen LogP contribution in [-0.4, -0.2) is 49.0 Å². The standard InChI is InChI=1S/C23H34N4O3/c1-3-30-22(29)17-10-12-20(13-11-17)26-23(24-2)25-14-6-9-21(28)27-15-18-7-4-5-8-19(18)16-27/h4-5,7-8,17,20H,3,6,9-16H2,1-2H3,(H2,24,25,26).